The number of hydrogen-bond acceptors (Lipinski definition) is 3. The molecule has 2 rings (SSSR count). The molecule has 0 amide bonds. The molecule has 0 radical (unpaired) electrons. The number of methoxy groups -OCH3 is 1. The Labute approximate surface area is 105 Å². The van der Waals surface area contributed by atoms with E-state index < -0.39 is 0 Å². The Balaban J connectivity index is 2.33. The number of benzene rings is 2. The van der Waals surface area contributed by atoms with Crippen molar-refractivity contribution in [1.82, 2.24) is 0 Å². The average Bonchev–Trinajstić information content (AvgIpc) is 2.34. The second kappa shape index (κ2) is 4.96. The van der Waals surface area contributed by atoms with Gasteiger partial charge in [0.25, 0.3) is 0 Å². The van der Waals surface area contributed by atoms with Gasteiger partial charge in [-0.05, 0) is 42.8 Å². The molecule has 0 atom stereocenters. The van der Waals surface area contributed by atoms with Gasteiger partial charge in [-0.15, -0.1) is 0 Å². The molecule has 0 spiro atoms. The molecule has 0 bridgehead atoms. The summed E-state index contributed by atoms with van der Waals surface area (Å²) in [5.74, 6) is 0.137. The van der Waals surface area contributed by atoms with Crippen LogP contribution in [0.2, 0.25) is 0 Å². The summed E-state index contributed by atoms with van der Waals surface area (Å²) >= 11 is 0. The fraction of sp³-hybridized carbons (Fsp3) is 0.143. The average molecular weight is 246 g/mol. The minimum Gasteiger partial charge on any atom is -0.494 e. The first-order chi connectivity index (χ1) is 8.60. The van der Waals surface area contributed by atoms with Gasteiger partial charge in [-0.3, -0.25) is 0 Å². The molecule has 0 unspecified atom stereocenters. The van der Waals surface area contributed by atoms with Gasteiger partial charge in [0.1, 0.15) is 11.6 Å². The van der Waals surface area contributed by atoms with Crippen LogP contribution in [-0.4, -0.2) is 7.11 Å². The lowest BCUT2D eigenvalue weighted by molar-refractivity contribution is 0.413. The van der Waals surface area contributed by atoms with E-state index in [4.69, 9.17) is 10.5 Å². The maximum atomic E-state index is 13.1. The van der Waals surface area contributed by atoms with Gasteiger partial charge < -0.3 is 15.8 Å². The van der Waals surface area contributed by atoms with Gasteiger partial charge in [-0.1, -0.05) is 0 Å². The Morgan fingerprint density at radius 2 is 1.83 bits per heavy atom. The minimum absolute atomic E-state index is 0.327. The van der Waals surface area contributed by atoms with Gasteiger partial charge in [0.15, 0.2) is 0 Å². The van der Waals surface area contributed by atoms with Crippen LogP contribution in [0.25, 0.3) is 0 Å². The fourth-order valence-electron chi connectivity index (χ4n) is 1.74. The monoisotopic (exact) mass is 246 g/mol. The summed E-state index contributed by atoms with van der Waals surface area (Å²) in [5.41, 5.74) is 9.05. The first kappa shape index (κ1) is 12.2. The molecule has 3 N–H and O–H groups in total. The smallest absolute Gasteiger partial charge is 0.145 e. The van der Waals surface area contributed by atoms with E-state index in [9.17, 15) is 4.39 Å². The lowest BCUT2D eigenvalue weighted by Gasteiger charge is -2.13. The van der Waals surface area contributed by atoms with E-state index in [1.165, 1.54) is 19.2 Å². The number of hydrogen-bond donors (Lipinski definition) is 2. The summed E-state index contributed by atoms with van der Waals surface area (Å²) in [5, 5.41) is 3.20. The first-order valence-corrected chi connectivity index (χ1v) is 5.57. The Morgan fingerprint density at radius 1 is 1.11 bits per heavy atom. The third kappa shape index (κ3) is 2.53. The number of nitrogens with one attached hydrogen (secondary N) is 1. The van der Waals surface area contributed by atoms with Crippen LogP contribution >= 0.6 is 0 Å². The summed E-state index contributed by atoms with van der Waals surface area (Å²) < 4.78 is 18.2. The molecule has 3 nitrogen and oxygen atoms in total. The number of ether oxygens (including phenoxy) is 1. The van der Waals surface area contributed by atoms with Crippen LogP contribution in [0.15, 0.2) is 36.4 Å². The largest absolute Gasteiger partial charge is 0.494 e. The number of halogens is 1. The van der Waals surface area contributed by atoms with E-state index in [1.807, 2.05) is 25.1 Å². The molecular formula is C14H15FN2O. The van der Waals surface area contributed by atoms with Gasteiger partial charge in [-0.25, -0.2) is 4.39 Å². The Bertz CT molecular complexity index is 570. The van der Waals surface area contributed by atoms with Crippen LogP contribution in [0.1, 0.15) is 5.56 Å². The Morgan fingerprint density at radius 3 is 2.50 bits per heavy atom. The van der Waals surface area contributed by atoms with Gasteiger partial charge >= 0.3 is 0 Å². The maximum absolute atomic E-state index is 13.1. The quantitative estimate of drug-likeness (QED) is 0.815. The molecule has 0 saturated carbocycles. The molecule has 18 heavy (non-hydrogen) atoms. The van der Waals surface area contributed by atoms with Crippen molar-refractivity contribution in [2.45, 2.75) is 6.92 Å². The number of anilines is 3. The molecule has 0 aliphatic rings. The predicted octanol–water partition coefficient (Wildman–Crippen LogP) is 3.47. The van der Waals surface area contributed by atoms with Gasteiger partial charge in [0.05, 0.1) is 12.8 Å². The lowest BCUT2D eigenvalue weighted by Crippen LogP contribution is -1.97. The highest BCUT2D eigenvalue weighted by Gasteiger charge is 2.06. The number of rotatable bonds is 3. The van der Waals surface area contributed by atoms with Crippen molar-refractivity contribution in [3.63, 3.8) is 0 Å². The van der Waals surface area contributed by atoms with E-state index in [1.54, 1.807) is 6.07 Å². The third-order valence-electron chi connectivity index (χ3n) is 2.68. The highest BCUT2D eigenvalue weighted by molar-refractivity contribution is 5.70. The van der Waals surface area contributed by atoms with Crippen LogP contribution in [0, 0.1) is 12.7 Å². The molecule has 0 aliphatic heterocycles. The minimum atomic E-state index is -0.327. The fourth-order valence-corrected chi connectivity index (χ4v) is 1.74. The van der Waals surface area contributed by atoms with Crippen LogP contribution in [0.4, 0.5) is 21.5 Å². The predicted molar refractivity (Wildman–Crippen MR) is 71.8 cm³/mol. The zero-order valence-corrected chi connectivity index (χ0v) is 10.3. The van der Waals surface area contributed by atoms with Crippen LogP contribution in [-0.2, 0) is 0 Å². The second-order valence-corrected chi connectivity index (χ2v) is 4.04. The Hall–Kier alpha value is -2.23. The summed E-state index contributed by atoms with van der Waals surface area (Å²) in [6.45, 7) is 1.95. The second-order valence-electron chi connectivity index (χ2n) is 4.04. The van der Waals surface area contributed by atoms with Crippen molar-refractivity contribution >= 4 is 17.1 Å². The van der Waals surface area contributed by atoms with E-state index in [-0.39, 0.29) is 5.82 Å². The molecular weight excluding hydrogens is 231 g/mol. The summed E-state index contributed by atoms with van der Waals surface area (Å²) in [7, 11) is 1.51. The molecule has 2 aromatic rings. The van der Waals surface area contributed by atoms with Gasteiger partial charge in [0, 0.05) is 17.4 Å². The van der Waals surface area contributed by atoms with Crippen LogP contribution in [0.5, 0.6) is 5.75 Å². The molecule has 4 heteroatoms. The molecule has 0 fully saturated rings. The van der Waals surface area contributed by atoms with E-state index in [0.29, 0.717) is 17.1 Å². The topological polar surface area (TPSA) is 47.3 Å². The van der Waals surface area contributed by atoms with Gasteiger partial charge in [0.2, 0.25) is 0 Å². The highest BCUT2D eigenvalue weighted by atomic mass is 19.1. The van der Waals surface area contributed by atoms with Crippen molar-refractivity contribution in [2.24, 2.45) is 0 Å². The van der Waals surface area contributed by atoms with E-state index in [0.717, 1.165) is 11.3 Å². The Kier molecular flexibility index (Phi) is 3.37. The maximum Gasteiger partial charge on any atom is 0.145 e. The lowest BCUT2D eigenvalue weighted by atomic mass is 10.1. The number of nitrogens with two attached hydrogens (primary N) is 1. The van der Waals surface area contributed by atoms with Gasteiger partial charge in [-0.2, -0.15) is 0 Å². The molecule has 0 aromatic heterocycles. The highest BCUT2D eigenvalue weighted by Crippen LogP contribution is 2.30. The number of aryl methyl sites for hydroxylation is 1. The van der Waals surface area contributed by atoms with Crippen LogP contribution in [0.3, 0.4) is 0 Å². The number of nitrogen functional groups attached to an aromatic ring is 1. The molecule has 0 heterocycles. The summed E-state index contributed by atoms with van der Waals surface area (Å²) in [6, 6.07) is 9.94. The molecule has 94 valence electrons. The molecule has 0 aliphatic carbocycles. The molecule has 0 saturated heterocycles. The third-order valence-corrected chi connectivity index (χ3v) is 2.68. The van der Waals surface area contributed by atoms with Crippen molar-refractivity contribution in [3.05, 3.63) is 47.8 Å². The van der Waals surface area contributed by atoms with Crippen molar-refractivity contribution in [3.8, 4) is 5.75 Å². The van der Waals surface area contributed by atoms with Crippen LogP contribution < -0.4 is 15.8 Å². The van der Waals surface area contributed by atoms with Crippen molar-refractivity contribution in [1.29, 1.82) is 0 Å². The zero-order chi connectivity index (χ0) is 13.1. The van der Waals surface area contributed by atoms with Crippen molar-refractivity contribution in [2.75, 3.05) is 18.2 Å². The van der Waals surface area contributed by atoms with E-state index >= 15 is 0 Å². The summed E-state index contributed by atoms with van der Waals surface area (Å²) in [4.78, 5) is 0. The standard InChI is InChI=1S/C14H15FN2O/c1-9-7-11(16)4-6-12(9)17-13-5-3-10(15)8-14(13)18-2/h3-8,17H,16H2,1-2H3. The summed E-state index contributed by atoms with van der Waals surface area (Å²) in [6.07, 6.45) is 0. The normalized spacial score (nSPS) is 10.2. The van der Waals surface area contributed by atoms with Crippen molar-refractivity contribution < 1.29 is 9.13 Å². The van der Waals surface area contributed by atoms with E-state index in [2.05, 4.69) is 5.32 Å². The molecule has 2 aromatic carbocycles. The first-order valence-electron chi connectivity index (χ1n) is 5.57. The SMILES string of the molecule is COc1cc(F)ccc1Nc1ccc(N)cc1C. The zero-order valence-electron chi connectivity index (χ0n) is 10.3.